The number of benzene rings is 2. The lowest BCUT2D eigenvalue weighted by Crippen LogP contribution is -2.43. The van der Waals surface area contributed by atoms with Crippen LogP contribution in [0.5, 0.6) is 0 Å². The van der Waals surface area contributed by atoms with Crippen molar-refractivity contribution in [2.24, 2.45) is 5.92 Å². The van der Waals surface area contributed by atoms with Crippen molar-refractivity contribution in [3.05, 3.63) is 72.7 Å². The third-order valence-electron chi connectivity index (χ3n) is 6.72. The van der Waals surface area contributed by atoms with Crippen LogP contribution < -0.4 is 5.32 Å². The topological polar surface area (TPSA) is 70.4 Å². The maximum atomic E-state index is 12.6. The van der Waals surface area contributed by atoms with Crippen LogP contribution in [0.4, 0.5) is 5.69 Å². The number of hydrogen-bond acceptors (Lipinski definition) is 4. The van der Waals surface area contributed by atoms with Crippen LogP contribution in [0.15, 0.2) is 67.1 Å². The van der Waals surface area contributed by atoms with Crippen LogP contribution in [0.1, 0.15) is 30.9 Å². The molecule has 2 aliphatic rings. The highest BCUT2D eigenvalue weighted by atomic mass is 16.3. The lowest BCUT2D eigenvalue weighted by atomic mass is 9.86. The first-order chi connectivity index (χ1) is 15.2. The molecule has 3 heterocycles. The van der Waals surface area contributed by atoms with Gasteiger partial charge in [-0.1, -0.05) is 42.5 Å². The van der Waals surface area contributed by atoms with E-state index in [1.54, 1.807) is 0 Å². The number of carbonyl (C=O) groups excluding carboxylic acids is 1. The quantitative estimate of drug-likeness (QED) is 0.645. The summed E-state index contributed by atoms with van der Waals surface area (Å²) in [5, 5.41) is 14.2. The van der Waals surface area contributed by atoms with E-state index in [-0.39, 0.29) is 17.9 Å². The van der Waals surface area contributed by atoms with Crippen LogP contribution in [-0.4, -0.2) is 51.2 Å². The van der Waals surface area contributed by atoms with Gasteiger partial charge in [0.05, 0.1) is 36.9 Å². The predicted octanol–water partition coefficient (Wildman–Crippen LogP) is 3.55. The number of rotatable bonds is 6. The fourth-order valence-corrected chi connectivity index (χ4v) is 4.97. The molecule has 5 rings (SSSR count). The molecule has 2 aromatic carbocycles. The summed E-state index contributed by atoms with van der Waals surface area (Å²) in [7, 11) is 0. The zero-order valence-electron chi connectivity index (χ0n) is 17.5. The van der Waals surface area contributed by atoms with Gasteiger partial charge < -0.3 is 19.9 Å². The molecule has 1 fully saturated rings. The highest BCUT2D eigenvalue weighted by molar-refractivity contribution is 5.81. The van der Waals surface area contributed by atoms with Gasteiger partial charge in [-0.15, -0.1) is 0 Å². The Balaban J connectivity index is 1.16. The summed E-state index contributed by atoms with van der Waals surface area (Å²) in [5.74, 6) is 0.329. The van der Waals surface area contributed by atoms with E-state index in [0.29, 0.717) is 26.1 Å². The van der Waals surface area contributed by atoms with Crippen molar-refractivity contribution < 1.29 is 9.90 Å². The first kappa shape index (κ1) is 19.8. The Morgan fingerprint density at radius 1 is 1.10 bits per heavy atom. The van der Waals surface area contributed by atoms with Gasteiger partial charge in [0, 0.05) is 24.3 Å². The average molecular weight is 417 g/mol. The smallest absolute Gasteiger partial charge is 0.241 e. The molecule has 0 radical (unpaired) electrons. The first-order valence-electron chi connectivity index (χ1n) is 11.1. The Labute approximate surface area is 182 Å². The molecule has 1 amide bonds. The van der Waals surface area contributed by atoms with Gasteiger partial charge >= 0.3 is 0 Å². The molecule has 1 saturated heterocycles. The van der Waals surface area contributed by atoms with Gasteiger partial charge in [0.25, 0.3) is 0 Å². The molecular weight excluding hydrogens is 388 g/mol. The molecule has 2 atom stereocenters. The van der Waals surface area contributed by atoms with E-state index in [9.17, 15) is 9.90 Å². The number of hydrogen-bond donors (Lipinski definition) is 2. The van der Waals surface area contributed by atoms with Crippen molar-refractivity contribution in [2.75, 3.05) is 25.0 Å². The molecule has 6 nitrogen and oxygen atoms in total. The van der Waals surface area contributed by atoms with Crippen LogP contribution >= 0.6 is 0 Å². The minimum Gasteiger partial charge on any atom is -0.393 e. The molecule has 1 aromatic heterocycles. The number of carbonyl (C=O) groups is 1. The summed E-state index contributed by atoms with van der Waals surface area (Å²) < 4.78 is 2.18. The van der Waals surface area contributed by atoms with Gasteiger partial charge in [-0.05, 0) is 42.9 Å². The van der Waals surface area contributed by atoms with Gasteiger partial charge in [0.2, 0.25) is 5.91 Å². The summed E-state index contributed by atoms with van der Waals surface area (Å²) in [5.41, 5.74) is 4.55. The largest absolute Gasteiger partial charge is 0.393 e. The molecule has 0 spiro atoms. The number of aromatic nitrogens is 2. The Kier molecular flexibility index (Phi) is 5.47. The zero-order chi connectivity index (χ0) is 21.2. The average Bonchev–Trinajstić information content (AvgIpc) is 3.41. The van der Waals surface area contributed by atoms with E-state index in [1.165, 1.54) is 11.1 Å². The first-order valence-corrected chi connectivity index (χ1v) is 11.1. The molecular formula is C25H28N4O2. The molecule has 0 aliphatic carbocycles. The minimum absolute atomic E-state index is 0.115. The number of imidazole rings is 1. The summed E-state index contributed by atoms with van der Waals surface area (Å²) in [6.07, 6.45) is 5.72. The van der Waals surface area contributed by atoms with Gasteiger partial charge in [-0.2, -0.15) is 0 Å². The lowest BCUT2D eigenvalue weighted by Gasteiger charge is -2.35. The van der Waals surface area contributed by atoms with E-state index in [4.69, 9.17) is 0 Å². The van der Waals surface area contributed by atoms with Crippen molar-refractivity contribution in [1.82, 2.24) is 14.5 Å². The monoisotopic (exact) mass is 416 g/mol. The minimum atomic E-state index is -0.397. The van der Waals surface area contributed by atoms with Crippen molar-refractivity contribution in [1.29, 1.82) is 0 Å². The maximum Gasteiger partial charge on any atom is 0.241 e. The molecule has 2 N–H and O–H groups in total. The van der Waals surface area contributed by atoms with E-state index < -0.39 is 6.10 Å². The molecule has 3 aromatic rings. The van der Waals surface area contributed by atoms with E-state index >= 15 is 0 Å². The number of aliphatic hydroxyl groups is 1. The number of anilines is 1. The molecule has 6 heteroatoms. The number of likely N-dealkylation sites (tertiary alicyclic amines) is 1. The van der Waals surface area contributed by atoms with Crippen molar-refractivity contribution >= 4 is 11.6 Å². The molecule has 2 aliphatic heterocycles. The van der Waals surface area contributed by atoms with Crippen LogP contribution in [0.2, 0.25) is 0 Å². The summed E-state index contributed by atoms with van der Waals surface area (Å²) in [6.45, 7) is 1.71. The number of amides is 1. The molecule has 0 saturated carbocycles. The summed E-state index contributed by atoms with van der Waals surface area (Å²) in [6, 6.07) is 18.3. The standard InChI is InChI=1S/C25H28N4O2/c30-24(14-22-20-8-4-5-9-21(20)23-15-26-17-29(22)23)18-10-12-28(13-11-18)25(31)16-27-19-6-2-1-3-7-19/h1-9,15,17-18,22,24,27,30H,10-14,16H2. The number of piperidine rings is 1. The molecule has 0 bridgehead atoms. The lowest BCUT2D eigenvalue weighted by molar-refractivity contribution is -0.131. The fraction of sp³-hybridized carbons (Fsp3) is 0.360. The van der Waals surface area contributed by atoms with Gasteiger partial charge in [0.15, 0.2) is 0 Å². The zero-order valence-corrected chi connectivity index (χ0v) is 17.5. The predicted molar refractivity (Wildman–Crippen MR) is 121 cm³/mol. The normalized spacial score (nSPS) is 19.0. The number of fused-ring (bicyclic) bond motifs is 3. The van der Waals surface area contributed by atoms with Crippen LogP contribution in [-0.2, 0) is 4.79 Å². The van der Waals surface area contributed by atoms with Crippen LogP contribution in [0.3, 0.4) is 0 Å². The van der Waals surface area contributed by atoms with Crippen molar-refractivity contribution in [2.45, 2.75) is 31.4 Å². The van der Waals surface area contributed by atoms with E-state index in [2.05, 4.69) is 33.1 Å². The second kappa shape index (κ2) is 8.55. The Bertz CT molecular complexity index is 1040. The van der Waals surface area contributed by atoms with Crippen molar-refractivity contribution in [3.8, 4) is 11.3 Å². The van der Waals surface area contributed by atoms with Gasteiger partial charge in [-0.3, -0.25) is 4.79 Å². The summed E-state index contributed by atoms with van der Waals surface area (Å²) in [4.78, 5) is 18.8. The highest BCUT2D eigenvalue weighted by Crippen LogP contribution is 2.42. The second-order valence-corrected chi connectivity index (χ2v) is 8.53. The highest BCUT2D eigenvalue weighted by Gasteiger charge is 2.33. The van der Waals surface area contributed by atoms with Crippen molar-refractivity contribution in [3.63, 3.8) is 0 Å². The molecule has 160 valence electrons. The Morgan fingerprint density at radius 2 is 1.84 bits per heavy atom. The maximum absolute atomic E-state index is 12.6. The number of para-hydroxylation sites is 1. The second-order valence-electron chi connectivity index (χ2n) is 8.53. The molecule has 2 unspecified atom stereocenters. The number of nitrogens with zero attached hydrogens (tertiary/aromatic N) is 3. The third kappa shape index (κ3) is 3.95. The third-order valence-corrected chi connectivity index (χ3v) is 6.72. The Morgan fingerprint density at radius 3 is 2.65 bits per heavy atom. The van der Waals surface area contributed by atoms with E-state index in [0.717, 1.165) is 24.2 Å². The van der Waals surface area contributed by atoms with Gasteiger partial charge in [-0.25, -0.2) is 4.98 Å². The fourth-order valence-electron chi connectivity index (χ4n) is 4.97. The summed E-state index contributed by atoms with van der Waals surface area (Å²) >= 11 is 0. The van der Waals surface area contributed by atoms with Crippen LogP contribution in [0.25, 0.3) is 11.3 Å². The van der Waals surface area contributed by atoms with E-state index in [1.807, 2.05) is 53.8 Å². The SMILES string of the molecule is O=C(CNc1ccccc1)N1CCC(C(O)CC2c3ccccc3-c3cncn32)CC1. The van der Waals surface area contributed by atoms with Crippen LogP contribution in [0, 0.1) is 5.92 Å². The molecule has 31 heavy (non-hydrogen) atoms. The number of aliphatic hydroxyl groups excluding tert-OH is 1. The van der Waals surface area contributed by atoms with Gasteiger partial charge in [0.1, 0.15) is 0 Å². The Hall–Kier alpha value is -3.12. The number of nitrogens with one attached hydrogen (secondary N) is 1.